The van der Waals surface area contributed by atoms with Gasteiger partial charge in [0.2, 0.25) is 0 Å². The monoisotopic (exact) mass is 263 g/mol. The van der Waals surface area contributed by atoms with Crippen LogP contribution >= 0.6 is 0 Å². The minimum Gasteiger partial charge on any atom is -0.396 e. The van der Waals surface area contributed by atoms with E-state index in [0.29, 0.717) is 18.4 Å². The Kier molecular flexibility index (Phi) is 5.45. The Hall–Kier alpha value is -1.29. The highest BCUT2D eigenvalue weighted by molar-refractivity contribution is 5.44. The predicted octanol–water partition coefficient (Wildman–Crippen LogP) is 2.72. The number of nitrogens with zero attached hydrogens (tertiary/aromatic N) is 1. The Morgan fingerprint density at radius 1 is 1.16 bits per heavy atom. The molecule has 0 saturated heterocycles. The molecule has 4 heteroatoms. The zero-order valence-electron chi connectivity index (χ0n) is 11.7. The van der Waals surface area contributed by atoms with E-state index in [1.807, 2.05) is 18.2 Å². The highest BCUT2D eigenvalue weighted by atomic mass is 16.3. The lowest BCUT2D eigenvalue weighted by molar-refractivity contribution is 0.141. The second kappa shape index (κ2) is 7.34. The lowest BCUT2D eigenvalue weighted by Gasteiger charge is -2.30. The molecule has 1 saturated carbocycles. The van der Waals surface area contributed by atoms with Crippen molar-refractivity contribution in [3.63, 3.8) is 0 Å². The summed E-state index contributed by atoms with van der Waals surface area (Å²) < 4.78 is 0. The fourth-order valence-corrected chi connectivity index (χ4v) is 2.84. The molecule has 0 radical (unpaired) electrons. The van der Waals surface area contributed by atoms with Gasteiger partial charge in [0.15, 0.2) is 0 Å². The van der Waals surface area contributed by atoms with Crippen LogP contribution in [0.4, 0.5) is 11.6 Å². The van der Waals surface area contributed by atoms with Gasteiger partial charge in [-0.3, -0.25) is 0 Å². The average Bonchev–Trinajstić information content (AvgIpc) is 2.46. The smallest absolute Gasteiger partial charge is 0.128 e. The van der Waals surface area contributed by atoms with Crippen LogP contribution in [0.1, 0.15) is 32.6 Å². The Labute approximate surface area is 115 Å². The molecule has 1 aromatic rings. The molecule has 1 heterocycles. The van der Waals surface area contributed by atoms with Crippen molar-refractivity contribution in [2.24, 2.45) is 11.8 Å². The second-order valence-electron chi connectivity index (χ2n) is 5.31. The minimum atomic E-state index is 0.317. The van der Waals surface area contributed by atoms with Crippen LogP contribution in [0.2, 0.25) is 0 Å². The molecule has 19 heavy (non-hydrogen) atoms. The summed E-state index contributed by atoms with van der Waals surface area (Å²) in [4.78, 5) is 4.51. The molecule has 2 unspecified atom stereocenters. The number of aliphatic hydroxyl groups is 1. The number of hydrogen-bond donors (Lipinski definition) is 3. The first kappa shape index (κ1) is 14.1. The van der Waals surface area contributed by atoms with Crippen LogP contribution in [-0.4, -0.2) is 29.8 Å². The van der Waals surface area contributed by atoms with Gasteiger partial charge in [0.25, 0.3) is 0 Å². The topological polar surface area (TPSA) is 57.2 Å². The first-order valence-electron chi connectivity index (χ1n) is 7.39. The van der Waals surface area contributed by atoms with E-state index in [1.54, 1.807) is 0 Å². The number of nitrogens with one attached hydrogen (secondary N) is 2. The van der Waals surface area contributed by atoms with Crippen LogP contribution in [0.5, 0.6) is 0 Å². The van der Waals surface area contributed by atoms with Gasteiger partial charge >= 0.3 is 0 Å². The fourth-order valence-electron chi connectivity index (χ4n) is 2.84. The van der Waals surface area contributed by atoms with Crippen LogP contribution in [0.3, 0.4) is 0 Å². The number of anilines is 2. The Morgan fingerprint density at radius 3 is 2.53 bits per heavy atom. The molecule has 2 atom stereocenters. The predicted molar refractivity (Wildman–Crippen MR) is 79.4 cm³/mol. The maximum Gasteiger partial charge on any atom is 0.128 e. The number of aliphatic hydroxyl groups excluding tert-OH is 1. The van der Waals surface area contributed by atoms with E-state index in [4.69, 9.17) is 0 Å². The average molecular weight is 263 g/mol. The van der Waals surface area contributed by atoms with E-state index in [0.717, 1.165) is 31.1 Å². The van der Waals surface area contributed by atoms with Crippen LogP contribution in [0, 0.1) is 11.8 Å². The zero-order chi connectivity index (χ0) is 13.5. The van der Waals surface area contributed by atoms with Gasteiger partial charge in [0.05, 0.1) is 0 Å². The first-order chi connectivity index (χ1) is 9.33. The van der Waals surface area contributed by atoms with Crippen molar-refractivity contribution in [2.75, 3.05) is 30.3 Å². The highest BCUT2D eigenvalue weighted by Gasteiger charge is 2.24. The summed E-state index contributed by atoms with van der Waals surface area (Å²) in [5.41, 5.74) is 0. The third-order valence-corrected chi connectivity index (χ3v) is 3.95. The SMILES string of the molecule is CCNc1cccc(NCC2CCCCC2CO)n1. The molecule has 106 valence electrons. The van der Waals surface area contributed by atoms with Crippen molar-refractivity contribution >= 4 is 11.6 Å². The van der Waals surface area contributed by atoms with Crippen LogP contribution < -0.4 is 10.6 Å². The van der Waals surface area contributed by atoms with Crippen LogP contribution in [0.15, 0.2) is 18.2 Å². The van der Waals surface area contributed by atoms with E-state index in [9.17, 15) is 5.11 Å². The molecule has 1 aromatic heterocycles. The zero-order valence-corrected chi connectivity index (χ0v) is 11.7. The van der Waals surface area contributed by atoms with Crippen LogP contribution in [-0.2, 0) is 0 Å². The lowest BCUT2D eigenvalue weighted by atomic mass is 9.79. The fraction of sp³-hybridized carbons (Fsp3) is 0.667. The third kappa shape index (κ3) is 4.10. The molecule has 1 fully saturated rings. The molecule has 3 N–H and O–H groups in total. The molecule has 0 aromatic carbocycles. The Bertz CT molecular complexity index is 383. The van der Waals surface area contributed by atoms with E-state index in [1.165, 1.54) is 19.3 Å². The molecule has 4 nitrogen and oxygen atoms in total. The summed E-state index contributed by atoms with van der Waals surface area (Å²) in [5, 5.41) is 16.0. The molecule has 0 spiro atoms. The van der Waals surface area contributed by atoms with Crippen molar-refractivity contribution in [1.82, 2.24) is 4.98 Å². The Balaban J connectivity index is 1.88. The van der Waals surface area contributed by atoms with Crippen molar-refractivity contribution in [3.05, 3.63) is 18.2 Å². The summed E-state index contributed by atoms with van der Waals surface area (Å²) in [5.74, 6) is 2.86. The largest absolute Gasteiger partial charge is 0.396 e. The van der Waals surface area contributed by atoms with Gasteiger partial charge in [-0.2, -0.15) is 0 Å². The molecular formula is C15H25N3O. The van der Waals surface area contributed by atoms with Crippen molar-refractivity contribution in [1.29, 1.82) is 0 Å². The third-order valence-electron chi connectivity index (χ3n) is 3.95. The quantitative estimate of drug-likeness (QED) is 0.738. The standard InChI is InChI=1S/C15H25N3O/c1-2-16-14-8-5-9-15(18-14)17-10-12-6-3-4-7-13(12)11-19/h5,8-9,12-13,19H,2-4,6-7,10-11H2,1H3,(H2,16,17,18). The lowest BCUT2D eigenvalue weighted by Crippen LogP contribution is -2.28. The molecular weight excluding hydrogens is 238 g/mol. The molecule has 1 aliphatic rings. The summed E-state index contributed by atoms with van der Waals surface area (Å²) in [6.45, 7) is 4.17. The number of rotatable bonds is 6. The molecule has 0 bridgehead atoms. The van der Waals surface area contributed by atoms with Crippen molar-refractivity contribution in [2.45, 2.75) is 32.6 Å². The first-order valence-corrected chi connectivity index (χ1v) is 7.39. The molecule has 1 aliphatic carbocycles. The van der Waals surface area contributed by atoms with Gasteiger partial charge in [-0.1, -0.05) is 18.9 Å². The van der Waals surface area contributed by atoms with Crippen molar-refractivity contribution in [3.8, 4) is 0 Å². The second-order valence-corrected chi connectivity index (χ2v) is 5.31. The van der Waals surface area contributed by atoms with E-state index in [-0.39, 0.29) is 0 Å². The van der Waals surface area contributed by atoms with E-state index in [2.05, 4.69) is 22.5 Å². The maximum absolute atomic E-state index is 9.42. The summed E-state index contributed by atoms with van der Waals surface area (Å²) in [7, 11) is 0. The van der Waals surface area contributed by atoms with Gasteiger partial charge < -0.3 is 15.7 Å². The summed E-state index contributed by atoms with van der Waals surface area (Å²) in [6.07, 6.45) is 4.92. The summed E-state index contributed by atoms with van der Waals surface area (Å²) in [6, 6.07) is 5.99. The number of hydrogen-bond acceptors (Lipinski definition) is 4. The van der Waals surface area contributed by atoms with E-state index >= 15 is 0 Å². The van der Waals surface area contributed by atoms with E-state index < -0.39 is 0 Å². The highest BCUT2D eigenvalue weighted by Crippen LogP contribution is 2.29. The van der Waals surface area contributed by atoms with Gasteiger partial charge in [-0.15, -0.1) is 0 Å². The molecule has 2 rings (SSSR count). The molecule has 0 amide bonds. The van der Waals surface area contributed by atoms with Crippen molar-refractivity contribution < 1.29 is 5.11 Å². The summed E-state index contributed by atoms with van der Waals surface area (Å²) >= 11 is 0. The van der Waals surface area contributed by atoms with Gasteiger partial charge in [-0.05, 0) is 43.7 Å². The van der Waals surface area contributed by atoms with Crippen LogP contribution in [0.25, 0.3) is 0 Å². The maximum atomic E-state index is 9.42. The Morgan fingerprint density at radius 2 is 1.84 bits per heavy atom. The van der Waals surface area contributed by atoms with Gasteiger partial charge in [-0.25, -0.2) is 4.98 Å². The van der Waals surface area contributed by atoms with Gasteiger partial charge in [0, 0.05) is 19.7 Å². The number of pyridine rings is 1. The minimum absolute atomic E-state index is 0.317. The van der Waals surface area contributed by atoms with Gasteiger partial charge in [0.1, 0.15) is 11.6 Å². The molecule has 0 aliphatic heterocycles. The number of aromatic nitrogens is 1. The normalized spacial score (nSPS) is 23.1.